The predicted molar refractivity (Wildman–Crippen MR) is 91.2 cm³/mol. The summed E-state index contributed by atoms with van der Waals surface area (Å²) in [5.74, 6) is -0.256. The van der Waals surface area contributed by atoms with Crippen molar-refractivity contribution in [2.24, 2.45) is 0 Å². The number of carbonyl (C=O) groups excluding carboxylic acids is 1. The maximum Gasteiger partial charge on any atom is 0.338 e. The van der Waals surface area contributed by atoms with Gasteiger partial charge in [-0.1, -0.05) is 55.0 Å². The van der Waals surface area contributed by atoms with E-state index in [4.69, 9.17) is 4.74 Å². The van der Waals surface area contributed by atoms with Crippen molar-refractivity contribution >= 4 is 5.97 Å². The molecule has 1 fully saturated rings. The van der Waals surface area contributed by atoms with Gasteiger partial charge in [-0.05, 0) is 36.6 Å². The summed E-state index contributed by atoms with van der Waals surface area (Å²) in [4.78, 5) is 14.5. The van der Waals surface area contributed by atoms with E-state index >= 15 is 0 Å². The quantitative estimate of drug-likeness (QED) is 0.793. The van der Waals surface area contributed by atoms with Gasteiger partial charge in [0, 0.05) is 12.6 Å². The fourth-order valence-electron chi connectivity index (χ4n) is 3.42. The van der Waals surface area contributed by atoms with Gasteiger partial charge in [-0.15, -0.1) is 0 Å². The van der Waals surface area contributed by atoms with Crippen LogP contribution in [0.3, 0.4) is 0 Å². The Hall–Kier alpha value is -2.13. The monoisotopic (exact) mass is 309 g/mol. The van der Waals surface area contributed by atoms with Gasteiger partial charge in [0.1, 0.15) is 0 Å². The second-order valence-corrected chi connectivity index (χ2v) is 6.04. The average molecular weight is 309 g/mol. The molecule has 23 heavy (non-hydrogen) atoms. The Morgan fingerprint density at radius 2 is 1.83 bits per heavy atom. The molecule has 0 saturated carbocycles. The zero-order chi connectivity index (χ0) is 16.1. The highest BCUT2D eigenvalue weighted by Gasteiger charge is 2.25. The van der Waals surface area contributed by atoms with Gasteiger partial charge in [0.25, 0.3) is 0 Å². The molecule has 2 aromatic rings. The van der Waals surface area contributed by atoms with Crippen molar-refractivity contribution in [3.05, 3.63) is 71.3 Å². The minimum atomic E-state index is -0.256. The first-order valence-electron chi connectivity index (χ1n) is 8.25. The summed E-state index contributed by atoms with van der Waals surface area (Å²) in [6.45, 7) is 1.85. The van der Waals surface area contributed by atoms with Crippen LogP contribution in [0.25, 0.3) is 0 Å². The summed E-state index contributed by atoms with van der Waals surface area (Å²) >= 11 is 0. The maximum absolute atomic E-state index is 12.0. The molecule has 1 atom stereocenters. The SMILES string of the molecule is COC(=O)c1ccccc1CN1CCCCC1c1ccccc1. The molecule has 2 aromatic carbocycles. The van der Waals surface area contributed by atoms with Gasteiger partial charge < -0.3 is 4.74 Å². The highest BCUT2D eigenvalue weighted by atomic mass is 16.5. The van der Waals surface area contributed by atoms with Crippen molar-refractivity contribution in [1.82, 2.24) is 4.90 Å². The van der Waals surface area contributed by atoms with Crippen LogP contribution in [-0.4, -0.2) is 24.5 Å². The molecule has 3 nitrogen and oxygen atoms in total. The minimum Gasteiger partial charge on any atom is -0.465 e. The molecule has 1 aliphatic heterocycles. The Morgan fingerprint density at radius 3 is 2.61 bits per heavy atom. The van der Waals surface area contributed by atoms with Crippen LogP contribution in [0, 0.1) is 0 Å². The number of methoxy groups -OCH3 is 1. The zero-order valence-electron chi connectivity index (χ0n) is 13.6. The van der Waals surface area contributed by atoms with Gasteiger partial charge in [0.05, 0.1) is 12.7 Å². The molecule has 3 rings (SSSR count). The third-order valence-corrected chi connectivity index (χ3v) is 4.59. The molecule has 1 heterocycles. The second-order valence-electron chi connectivity index (χ2n) is 6.04. The molecular formula is C20H23NO2. The Morgan fingerprint density at radius 1 is 1.09 bits per heavy atom. The minimum absolute atomic E-state index is 0.256. The topological polar surface area (TPSA) is 29.5 Å². The van der Waals surface area contributed by atoms with Gasteiger partial charge in [-0.2, -0.15) is 0 Å². The van der Waals surface area contributed by atoms with Gasteiger partial charge >= 0.3 is 5.97 Å². The second kappa shape index (κ2) is 7.42. The molecule has 0 amide bonds. The van der Waals surface area contributed by atoms with Crippen LogP contribution >= 0.6 is 0 Å². The molecule has 0 radical (unpaired) electrons. The number of esters is 1. The lowest BCUT2D eigenvalue weighted by atomic mass is 9.94. The highest BCUT2D eigenvalue weighted by molar-refractivity contribution is 5.90. The summed E-state index contributed by atoms with van der Waals surface area (Å²) in [6.07, 6.45) is 3.64. The largest absolute Gasteiger partial charge is 0.465 e. The first-order valence-corrected chi connectivity index (χ1v) is 8.25. The number of ether oxygens (including phenoxy) is 1. The van der Waals surface area contributed by atoms with E-state index in [2.05, 4.69) is 35.2 Å². The number of carbonyl (C=O) groups is 1. The molecule has 120 valence electrons. The molecule has 0 aliphatic carbocycles. The van der Waals surface area contributed by atoms with Gasteiger partial charge in [0.15, 0.2) is 0 Å². The first kappa shape index (κ1) is 15.8. The summed E-state index contributed by atoms with van der Waals surface area (Å²) in [6, 6.07) is 18.9. The molecule has 1 aliphatic rings. The number of hydrogen-bond acceptors (Lipinski definition) is 3. The Kier molecular flexibility index (Phi) is 5.09. The van der Waals surface area contributed by atoms with Crippen LogP contribution in [0.4, 0.5) is 0 Å². The van der Waals surface area contributed by atoms with E-state index in [1.165, 1.54) is 31.9 Å². The van der Waals surface area contributed by atoms with E-state index in [1.54, 1.807) is 0 Å². The highest BCUT2D eigenvalue weighted by Crippen LogP contribution is 2.32. The van der Waals surface area contributed by atoms with Gasteiger partial charge in [-0.3, -0.25) is 4.90 Å². The lowest BCUT2D eigenvalue weighted by Gasteiger charge is -2.36. The zero-order valence-corrected chi connectivity index (χ0v) is 13.6. The molecular weight excluding hydrogens is 286 g/mol. The van der Waals surface area contributed by atoms with Crippen LogP contribution in [0.1, 0.15) is 46.8 Å². The summed E-state index contributed by atoms with van der Waals surface area (Å²) in [7, 11) is 1.44. The number of rotatable bonds is 4. The molecule has 0 spiro atoms. The van der Waals surface area contributed by atoms with Crippen LogP contribution in [-0.2, 0) is 11.3 Å². The summed E-state index contributed by atoms with van der Waals surface area (Å²) < 4.78 is 4.92. The molecule has 3 heteroatoms. The number of benzene rings is 2. The Labute approximate surface area is 137 Å². The van der Waals surface area contributed by atoms with E-state index in [-0.39, 0.29) is 5.97 Å². The first-order chi connectivity index (χ1) is 11.3. The van der Waals surface area contributed by atoms with Crippen molar-refractivity contribution in [2.45, 2.75) is 31.8 Å². The van der Waals surface area contributed by atoms with E-state index in [1.807, 2.05) is 24.3 Å². The molecule has 1 saturated heterocycles. The van der Waals surface area contributed by atoms with Crippen molar-refractivity contribution in [3.63, 3.8) is 0 Å². The van der Waals surface area contributed by atoms with Crippen molar-refractivity contribution in [3.8, 4) is 0 Å². The fraction of sp³-hybridized carbons (Fsp3) is 0.350. The average Bonchev–Trinajstić information content (AvgIpc) is 2.63. The van der Waals surface area contributed by atoms with Crippen molar-refractivity contribution < 1.29 is 9.53 Å². The number of piperidine rings is 1. The van der Waals surface area contributed by atoms with E-state index < -0.39 is 0 Å². The van der Waals surface area contributed by atoms with E-state index in [9.17, 15) is 4.79 Å². The number of likely N-dealkylation sites (tertiary alicyclic amines) is 1. The summed E-state index contributed by atoms with van der Waals surface area (Å²) in [5.41, 5.74) is 3.08. The van der Waals surface area contributed by atoms with Crippen molar-refractivity contribution in [1.29, 1.82) is 0 Å². The normalized spacial score (nSPS) is 18.6. The molecule has 1 unspecified atom stereocenters. The Bertz CT molecular complexity index is 654. The van der Waals surface area contributed by atoms with E-state index in [0.29, 0.717) is 11.6 Å². The van der Waals surface area contributed by atoms with Gasteiger partial charge in [-0.25, -0.2) is 4.79 Å². The lowest BCUT2D eigenvalue weighted by molar-refractivity contribution is 0.0596. The smallest absolute Gasteiger partial charge is 0.338 e. The third kappa shape index (κ3) is 3.62. The van der Waals surface area contributed by atoms with Crippen LogP contribution in [0.15, 0.2) is 54.6 Å². The molecule has 0 aromatic heterocycles. The number of nitrogens with zero attached hydrogens (tertiary/aromatic N) is 1. The fourth-order valence-corrected chi connectivity index (χ4v) is 3.42. The third-order valence-electron chi connectivity index (χ3n) is 4.59. The lowest BCUT2D eigenvalue weighted by Crippen LogP contribution is -2.33. The maximum atomic E-state index is 12.0. The van der Waals surface area contributed by atoms with Crippen LogP contribution < -0.4 is 0 Å². The van der Waals surface area contributed by atoms with Crippen LogP contribution in [0.2, 0.25) is 0 Å². The predicted octanol–water partition coefficient (Wildman–Crippen LogP) is 4.20. The van der Waals surface area contributed by atoms with Crippen molar-refractivity contribution in [2.75, 3.05) is 13.7 Å². The summed E-state index contributed by atoms with van der Waals surface area (Å²) in [5, 5.41) is 0. The van der Waals surface area contributed by atoms with E-state index in [0.717, 1.165) is 18.7 Å². The van der Waals surface area contributed by atoms with Crippen LogP contribution in [0.5, 0.6) is 0 Å². The number of hydrogen-bond donors (Lipinski definition) is 0. The molecule has 0 bridgehead atoms. The molecule has 0 N–H and O–H groups in total. The standard InChI is InChI=1S/C20H23NO2/c1-23-20(22)18-12-6-5-11-17(18)15-21-14-8-7-13-19(21)16-9-3-2-4-10-16/h2-6,9-12,19H,7-8,13-15H2,1H3. The van der Waals surface area contributed by atoms with Gasteiger partial charge in [0.2, 0.25) is 0 Å². The Balaban J connectivity index is 1.84.